The molecule has 0 atom stereocenters. The number of rotatable bonds is 7. The van der Waals surface area contributed by atoms with E-state index in [0.29, 0.717) is 0 Å². The van der Waals surface area contributed by atoms with Crippen molar-refractivity contribution >= 4 is 82.3 Å². The Morgan fingerprint density at radius 2 is 1.12 bits per heavy atom. The minimum absolute atomic E-state index is 1.07. The molecule has 0 aliphatic carbocycles. The molecule has 0 unspecified atom stereocenters. The maximum atomic E-state index is 5.65. The van der Waals surface area contributed by atoms with E-state index in [-0.39, 0.29) is 0 Å². The summed E-state index contributed by atoms with van der Waals surface area (Å²) in [4.78, 5) is 4.69. The summed E-state index contributed by atoms with van der Waals surface area (Å²) in [6, 6.07) is 16.3. The molecule has 0 saturated heterocycles. The topological polar surface area (TPSA) is 3.24 Å². The molecule has 0 aliphatic rings. The average Bonchev–Trinajstić information content (AvgIpc) is 2.61. The van der Waals surface area contributed by atoms with Gasteiger partial charge in [0.2, 0.25) is 0 Å². The Kier molecular flexibility index (Phi) is 12.9. The Morgan fingerprint density at radius 1 is 0.808 bits per heavy atom. The van der Waals surface area contributed by atoms with Crippen LogP contribution in [0.3, 0.4) is 0 Å². The summed E-state index contributed by atoms with van der Waals surface area (Å²) in [6.45, 7) is 10.1. The Labute approximate surface area is 193 Å². The van der Waals surface area contributed by atoms with Gasteiger partial charge in [0, 0.05) is 18.7 Å². The molecule has 2 aromatic rings. The highest BCUT2D eigenvalue weighted by molar-refractivity contribution is 9.20. The first kappa shape index (κ1) is 25.1. The summed E-state index contributed by atoms with van der Waals surface area (Å²) in [5.41, 5.74) is 0. The van der Waals surface area contributed by atoms with E-state index in [1.807, 2.05) is 24.3 Å². The summed E-state index contributed by atoms with van der Waals surface area (Å²) in [7, 11) is 0. The minimum Gasteiger partial charge on any atom is -0.304 e. The van der Waals surface area contributed by atoms with Crippen LogP contribution in [0.2, 0.25) is 0 Å². The summed E-state index contributed by atoms with van der Waals surface area (Å²) < 4.78 is 0.312. The van der Waals surface area contributed by atoms with Gasteiger partial charge >= 0.3 is 0 Å². The van der Waals surface area contributed by atoms with Gasteiger partial charge in [-0.15, -0.1) is 12.2 Å². The number of hydrogen-bond acceptors (Lipinski definition) is 4. The van der Waals surface area contributed by atoms with Crippen LogP contribution in [0.5, 0.6) is 0 Å². The van der Waals surface area contributed by atoms with Gasteiger partial charge in [-0.25, -0.2) is 0 Å². The number of benzene rings is 2. The summed E-state index contributed by atoms with van der Waals surface area (Å²) in [5.74, 6) is 0. The van der Waals surface area contributed by atoms with Gasteiger partial charge in [0.1, 0.15) is 3.64 Å². The number of thiol groups is 1. The third-order valence-corrected chi connectivity index (χ3v) is 12.7. The third-order valence-electron chi connectivity index (χ3n) is 3.41. The second-order valence-electron chi connectivity index (χ2n) is 5.18. The van der Waals surface area contributed by atoms with E-state index in [1.54, 1.807) is 22.8 Å². The predicted molar refractivity (Wildman–Crippen MR) is 137 cm³/mol. The van der Waals surface area contributed by atoms with Crippen LogP contribution in [0.4, 0.5) is 0 Å². The lowest BCUT2D eigenvalue weighted by atomic mass is 10.4. The molecule has 0 aromatic heterocycles. The molecule has 0 amide bonds. The summed E-state index contributed by atoms with van der Waals surface area (Å²) in [6.07, 6.45) is 0. The lowest BCUT2D eigenvalue weighted by Crippen LogP contribution is -2.21. The number of nitrogens with zero attached hydrogens (tertiary/aromatic N) is 1. The van der Waals surface area contributed by atoms with Crippen molar-refractivity contribution in [2.45, 2.75) is 30.6 Å². The van der Waals surface area contributed by atoms with Gasteiger partial charge in [-0.3, -0.25) is 0 Å². The van der Waals surface area contributed by atoms with Gasteiger partial charge in [0.05, 0.1) is 0 Å². The second kappa shape index (κ2) is 13.3. The lowest BCUT2D eigenvalue weighted by Gasteiger charge is -2.14. The molecule has 0 saturated carbocycles. The third kappa shape index (κ3) is 10.6. The maximum Gasteiger partial charge on any atom is 0.115 e. The fraction of sp³-hybridized carbons (Fsp3) is 0.333. The quantitative estimate of drug-likeness (QED) is 0.261. The number of hydrogen-bond donors (Lipinski definition) is 1. The van der Waals surface area contributed by atoms with Crippen molar-refractivity contribution in [3.05, 3.63) is 57.5 Å². The van der Waals surface area contributed by atoms with E-state index >= 15 is 0 Å². The van der Waals surface area contributed by atoms with Crippen LogP contribution in [0.25, 0.3) is 0 Å². The normalized spacial score (nSPS) is 11.2. The van der Waals surface area contributed by atoms with Crippen LogP contribution < -0.4 is 0 Å². The number of halogens is 2. The van der Waals surface area contributed by atoms with Crippen molar-refractivity contribution in [1.82, 2.24) is 4.90 Å². The highest BCUT2D eigenvalue weighted by Crippen LogP contribution is 2.77. The monoisotopic (exact) mass is 571 g/mol. The van der Waals surface area contributed by atoms with Crippen molar-refractivity contribution in [2.75, 3.05) is 19.6 Å². The van der Waals surface area contributed by atoms with Crippen molar-refractivity contribution < 1.29 is 0 Å². The molecule has 0 radical (unpaired) electrons. The molecular formula is C18H24Br2NPS4. The molecule has 0 heterocycles. The van der Waals surface area contributed by atoms with E-state index in [9.17, 15) is 0 Å². The molecule has 144 valence electrons. The fourth-order valence-electron chi connectivity index (χ4n) is 1.95. The van der Waals surface area contributed by atoms with Crippen molar-refractivity contribution in [1.29, 1.82) is 0 Å². The Bertz CT molecular complexity index is 634. The Morgan fingerprint density at radius 3 is 1.35 bits per heavy atom. The van der Waals surface area contributed by atoms with E-state index in [0.717, 1.165) is 18.7 Å². The van der Waals surface area contributed by atoms with Gasteiger partial charge in [-0.2, -0.15) is 0 Å². The second-order valence-corrected chi connectivity index (χ2v) is 21.6. The zero-order valence-corrected chi connectivity index (χ0v) is 22.5. The van der Waals surface area contributed by atoms with Crippen molar-refractivity contribution in [2.24, 2.45) is 0 Å². The van der Waals surface area contributed by atoms with E-state index in [1.165, 1.54) is 19.6 Å². The molecule has 0 fully saturated rings. The molecule has 2 rings (SSSR count). The first-order valence-corrected chi connectivity index (χ1v) is 16.6. The molecule has 1 nitrogen and oxygen atoms in total. The Balaban J connectivity index is 0.000000412. The average molecular weight is 573 g/mol. The van der Waals surface area contributed by atoms with Gasteiger partial charge < -0.3 is 4.90 Å². The van der Waals surface area contributed by atoms with Crippen LogP contribution in [0.1, 0.15) is 20.8 Å². The lowest BCUT2D eigenvalue weighted by molar-refractivity contribution is 0.321. The molecule has 2 aromatic carbocycles. The van der Waals surface area contributed by atoms with Gasteiger partial charge in [-0.05, 0) is 68.2 Å². The highest BCUT2D eigenvalue weighted by Gasteiger charge is 2.15. The predicted octanol–water partition coefficient (Wildman–Crippen LogP) is 8.60. The van der Waals surface area contributed by atoms with Crippen LogP contribution in [0, 0.1) is 0 Å². The van der Waals surface area contributed by atoms with Gasteiger partial charge in [0.15, 0.2) is 0 Å². The van der Waals surface area contributed by atoms with Gasteiger partial charge in [0.25, 0.3) is 0 Å². The molecule has 0 aliphatic heterocycles. The molecule has 0 N–H and O–H groups in total. The van der Waals surface area contributed by atoms with E-state index in [2.05, 4.69) is 94.0 Å². The van der Waals surface area contributed by atoms with Crippen LogP contribution in [0.15, 0.2) is 67.3 Å². The maximum absolute atomic E-state index is 5.65. The van der Waals surface area contributed by atoms with Crippen LogP contribution in [-0.4, -0.2) is 24.5 Å². The molecular weight excluding hydrogens is 549 g/mol. The Hall–Kier alpha value is 1.06. The van der Waals surface area contributed by atoms with E-state index < -0.39 is 3.64 Å². The standard InChI is InChI=1S/C12H9Br2PS4.C6H15N/c13-9-1-5-11(6-2-9)18-15(16,17)19-12-7-3-10(14)4-8-12;1-4-7(5-2)6-3/h1-8H,(H,16,17);4-6H2,1-3H3. The first-order valence-electron chi connectivity index (χ1n) is 8.25. The fourth-order valence-corrected chi connectivity index (χ4v) is 11.1. The summed E-state index contributed by atoms with van der Waals surface area (Å²) >= 11 is 20.6. The SMILES string of the molecule is CCN(CC)CC.S=P(S)(Sc1ccc(Br)cc1)Sc1ccc(Br)cc1. The first-order chi connectivity index (χ1) is 12.3. The largest absolute Gasteiger partial charge is 0.304 e. The van der Waals surface area contributed by atoms with Crippen LogP contribution in [-0.2, 0) is 11.8 Å². The molecule has 8 heteroatoms. The highest BCUT2D eigenvalue weighted by atomic mass is 79.9. The zero-order valence-electron chi connectivity index (χ0n) is 15.1. The zero-order chi connectivity index (χ0) is 19.6. The van der Waals surface area contributed by atoms with E-state index in [4.69, 9.17) is 11.8 Å². The smallest absolute Gasteiger partial charge is 0.115 e. The molecule has 0 spiro atoms. The summed E-state index contributed by atoms with van der Waals surface area (Å²) in [5, 5.41) is 0. The molecule has 26 heavy (non-hydrogen) atoms. The molecule has 0 bridgehead atoms. The van der Waals surface area contributed by atoms with Crippen LogP contribution >= 0.6 is 70.5 Å². The van der Waals surface area contributed by atoms with Gasteiger partial charge in [-0.1, -0.05) is 87.2 Å². The minimum atomic E-state index is -1.84. The van der Waals surface area contributed by atoms with Crippen molar-refractivity contribution in [3.8, 4) is 0 Å². The van der Waals surface area contributed by atoms with Crippen molar-refractivity contribution in [3.63, 3.8) is 0 Å².